The Hall–Kier alpha value is -2.88. The van der Waals surface area contributed by atoms with E-state index < -0.39 is 0 Å². The highest BCUT2D eigenvalue weighted by molar-refractivity contribution is 5.98. The lowest BCUT2D eigenvalue weighted by atomic mass is 10.1. The summed E-state index contributed by atoms with van der Waals surface area (Å²) < 4.78 is 0. The third-order valence-electron chi connectivity index (χ3n) is 3.41. The third-order valence-corrected chi connectivity index (χ3v) is 3.41. The van der Waals surface area contributed by atoms with Crippen molar-refractivity contribution in [3.63, 3.8) is 0 Å². The minimum Gasteiger partial charge on any atom is -0.494 e. The molecule has 0 fully saturated rings. The molecule has 1 aromatic carbocycles. The first-order valence-electron chi connectivity index (χ1n) is 6.35. The molecule has 4 aromatic rings. The van der Waals surface area contributed by atoms with Crippen molar-refractivity contribution >= 4 is 21.9 Å². The van der Waals surface area contributed by atoms with E-state index in [1.54, 1.807) is 6.20 Å². The Balaban J connectivity index is 2.03. The van der Waals surface area contributed by atoms with E-state index in [-0.39, 0.29) is 5.88 Å². The molecule has 0 bridgehead atoms. The fourth-order valence-corrected chi connectivity index (χ4v) is 2.48. The third kappa shape index (κ3) is 1.55. The second-order valence-corrected chi connectivity index (χ2v) is 4.64. The smallest absolute Gasteiger partial charge is 0.199 e. The first-order valence-corrected chi connectivity index (χ1v) is 6.35. The molecule has 3 aromatic heterocycles. The Kier molecular flexibility index (Phi) is 2.23. The van der Waals surface area contributed by atoms with Crippen LogP contribution >= 0.6 is 0 Å². The molecule has 0 saturated carbocycles. The number of aromatic nitrogens is 3. The van der Waals surface area contributed by atoms with E-state index in [1.807, 2.05) is 48.5 Å². The maximum absolute atomic E-state index is 10.1. The molecule has 3 heterocycles. The van der Waals surface area contributed by atoms with Crippen LogP contribution in [0.1, 0.15) is 0 Å². The summed E-state index contributed by atoms with van der Waals surface area (Å²) in [7, 11) is 0. The molecule has 4 rings (SSSR count). The van der Waals surface area contributed by atoms with Crippen LogP contribution in [0.2, 0.25) is 0 Å². The number of aromatic hydroxyl groups is 1. The highest BCUT2D eigenvalue weighted by Crippen LogP contribution is 2.35. The Bertz CT molecular complexity index is 927. The largest absolute Gasteiger partial charge is 0.494 e. The van der Waals surface area contributed by atoms with Crippen molar-refractivity contribution in [2.24, 2.45) is 0 Å². The van der Waals surface area contributed by atoms with Crippen LogP contribution < -0.4 is 0 Å². The van der Waals surface area contributed by atoms with Gasteiger partial charge in [0.1, 0.15) is 0 Å². The van der Waals surface area contributed by atoms with E-state index in [9.17, 15) is 5.11 Å². The van der Waals surface area contributed by atoms with Gasteiger partial charge in [-0.05, 0) is 30.3 Å². The van der Waals surface area contributed by atoms with Crippen LogP contribution in [-0.2, 0) is 0 Å². The number of aromatic amines is 1. The summed E-state index contributed by atoms with van der Waals surface area (Å²) in [5, 5.41) is 12.1. The van der Waals surface area contributed by atoms with Gasteiger partial charge < -0.3 is 10.1 Å². The SMILES string of the molecule is Oc1[nH]c2ccccc2c1-c1ccc2cccnc2n1. The topological polar surface area (TPSA) is 61.8 Å². The zero-order valence-corrected chi connectivity index (χ0v) is 10.5. The number of nitrogens with one attached hydrogen (secondary N) is 1. The summed E-state index contributed by atoms with van der Waals surface area (Å²) in [4.78, 5) is 11.8. The zero-order chi connectivity index (χ0) is 13.5. The van der Waals surface area contributed by atoms with Crippen molar-refractivity contribution in [3.8, 4) is 17.1 Å². The first-order chi connectivity index (χ1) is 9.83. The van der Waals surface area contributed by atoms with E-state index in [0.29, 0.717) is 16.9 Å². The average molecular weight is 261 g/mol. The maximum Gasteiger partial charge on any atom is 0.199 e. The standard InChI is InChI=1S/C16H11N3O/c20-16-14(11-5-1-2-6-12(11)19-16)13-8-7-10-4-3-9-17-15(10)18-13/h1-9,19-20H. The quantitative estimate of drug-likeness (QED) is 0.551. The van der Waals surface area contributed by atoms with E-state index in [4.69, 9.17) is 0 Å². The number of rotatable bonds is 1. The highest BCUT2D eigenvalue weighted by atomic mass is 16.3. The lowest BCUT2D eigenvalue weighted by Crippen LogP contribution is -1.87. The summed E-state index contributed by atoms with van der Waals surface area (Å²) in [6.07, 6.45) is 1.72. The van der Waals surface area contributed by atoms with E-state index >= 15 is 0 Å². The van der Waals surface area contributed by atoms with Gasteiger partial charge in [0.05, 0.1) is 11.3 Å². The van der Waals surface area contributed by atoms with Crippen LogP contribution in [-0.4, -0.2) is 20.1 Å². The molecule has 0 aliphatic rings. The van der Waals surface area contributed by atoms with E-state index in [1.165, 1.54) is 0 Å². The van der Waals surface area contributed by atoms with E-state index in [0.717, 1.165) is 16.3 Å². The molecule has 4 heteroatoms. The molecular weight excluding hydrogens is 250 g/mol. The van der Waals surface area contributed by atoms with Crippen LogP contribution in [0.25, 0.3) is 33.2 Å². The van der Waals surface area contributed by atoms with Gasteiger partial charge >= 0.3 is 0 Å². The van der Waals surface area contributed by atoms with Crippen molar-refractivity contribution < 1.29 is 5.11 Å². The monoisotopic (exact) mass is 261 g/mol. The number of nitrogens with zero attached hydrogens (tertiary/aromatic N) is 2. The van der Waals surface area contributed by atoms with Crippen LogP contribution in [0.4, 0.5) is 0 Å². The van der Waals surface area contributed by atoms with Gasteiger partial charge in [-0.25, -0.2) is 9.97 Å². The molecule has 4 nitrogen and oxygen atoms in total. The van der Waals surface area contributed by atoms with Gasteiger partial charge in [-0.1, -0.05) is 18.2 Å². The predicted molar refractivity (Wildman–Crippen MR) is 78.5 cm³/mol. The molecule has 0 saturated heterocycles. The van der Waals surface area contributed by atoms with Crippen LogP contribution in [0, 0.1) is 0 Å². The zero-order valence-electron chi connectivity index (χ0n) is 10.5. The summed E-state index contributed by atoms with van der Waals surface area (Å²) in [5.74, 6) is 0.133. The molecule has 2 N–H and O–H groups in total. The summed E-state index contributed by atoms with van der Waals surface area (Å²) >= 11 is 0. The van der Waals surface area contributed by atoms with Crippen LogP contribution in [0.15, 0.2) is 54.7 Å². The van der Waals surface area contributed by atoms with Gasteiger partial charge in [-0.2, -0.15) is 0 Å². The summed E-state index contributed by atoms with van der Waals surface area (Å²) in [5.41, 5.74) is 3.00. The van der Waals surface area contributed by atoms with Gasteiger partial charge in [0.15, 0.2) is 11.5 Å². The number of para-hydroxylation sites is 1. The molecule has 20 heavy (non-hydrogen) atoms. The Morgan fingerprint density at radius 3 is 2.80 bits per heavy atom. The molecule has 96 valence electrons. The Labute approximate surface area is 114 Å². The minimum absolute atomic E-state index is 0.133. The van der Waals surface area contributed by atoms with Crippen molar-refractivity contribution in [1.82, 2.24) is 15.0 Å². The predicted octanol–water partition coefficient (Wildman–Crippen LogP) is 3.48. The normalized spacial score (nSPS) is 11.2. The van der Waals surface area contributed by atoms with Crippen molar-refractivity contribution in [2.75, 3.05) is 0 Å². The van der Waals surface area contributed by atoms with Crippen molar-refractivity contribution in [3.05, 3.63) is 54.7 Å². The minimum atomic E-state index is 0.133. The second-order valence-electron chi connectivity index (χ2n) is 4.64. The highest BCUT2D eigenvalue weighted by Gasteiger charge is 2.14. The van der Waals surface area contributed by atoms with Crippen molar-refractivity contribution in [2.45, 2.75) is 0 Å². The number of hydrogen-bond donors (Lipinski definition) is 2. The van der Waals surface area contributed by atoms with Gasteiger partial charge in [-0.3, -0.25) is 0 Å². The molecule has 0 unspecified atom stereocenters. The molecule has 0 atom stereocenters. The number of hydrogen-bond acceptors (Lipinski definition) is 3. The lowest BCUT2D eigenvalue weighted by Gasteiger charge is -2.02. The second kappa shape index (κ2) is 4.06. The molecule has 0 aliphatic carbocycles. The van der Waals surface area contributed by atoms with Gasteiger partial charge in [0.25, 0.3) is 0 Å². The van der Waals surface area contributed by atoms with Gasteiger partial charge in [0, 0.05) is 22.5 Å². The maximum atomic E-state index is 10.1. The molecule has 0 radical (unpaired) electrons. The Morgan fingerprint density at radius 2 is 1.85 bits per heavy atom. The Morgan fingerprint density at radius 1 is 0.950 bits per heavy atom. The van der Waals surface area contributed by atoms with Crippen LogP contribution in [0.3, 0.4) is 0 Å². The number of benzene rings is 1. The fourth-order valence-electron chi connectivity index (χ4n) is 2.48. The van der Waals surface area contributed by atoms with Gasteiger partial charge in [0.2, 0.25) is 0 Å². The van der Waals surface area contributed by atoms with E-state index in [2.05, 4.69) is 15.0 Å². The fraction of sp³-hybridized carbons (Fsp3) is 0. The van der Waals surface area contributed by atoms with Gasteiger partial charge in [-0.15, -0.1) is 0 Å². The first kappa shape index (κ1) is 11.0. The molecular formula is C16H11N3O. The molecule has 0 spiro atoms. The number of fused-ring (bicyclic) bond motifs is 2. The van der Waals surface area contributed by atoms with Crippen molar-refractivity contribution in [1.29, 1.82) is 0 Å². The number of H-pyrrole nitrogens is 1. The average Bonchev–Trinajstić information content (AvgIpc) is 2.82. The van der Waals surface area contributed by atoms with Crippen LogP contribution in [0.5, 0.6) is 5.88 Å². The lowest BCUT2D eigenvalue weighted by molar-refractivity contribution is 0.460. The summed E-state index contributed by atoms with van der Waals surface area (Å²) in [6, 6.07) is 15.5. The summed E-state index contributed by atoms with van der Waals surface area (Å²) in [6.45, 7) is 0. The number of pyridine rings is 2. The molecule has 0 amide bonds. The molecule has 0 aliphatic heterocycles.